The highest BCUT2D eigenvalue weighted by Gasteiger charge is 2.23. The van der Waals surface area contributed by atoms with E-state index in [0.29, 0.717) is 5.56 Å². The largest absolute Gasteiger partial charge is 0.345 e. The van der Waals surface area contributed by atoms with Gasteiger partial charge in [0.2, 0.25) is 0 Å². The minimum atomic E-state index is -0.381. The van der Waals surface area contributed by atoms with E-state index in [1.54, 1.807) is 17.8 Å². The topological polar surface area (TPSA) is 29.1 Å². The molecular formula is C16H13F2NOS. The first kappa shape index (κ1) is 14.1. The van der Waals surface area contributed by atoms with E-state index < -0.39 is 0 Å². The zero-order valence-electron chi connectivity index (χ0n) is 11.1. The molecule has 5 heteroatoms. The number of benzene rings is 2. The molecule has 1 aliphatic heterocycles. The molecule has 2 aromatic carbocycles. The third-order valence-electron chi connectivity index (χ3n) is 3.42. The Kier molecular flexibility index (Phi) is 3.92. The first-order valence-electron chi connectivity index (χ1n) is 6.62. The van der Waals surface area contributed by atoms with Crippen LogP contribution in [0.2, 0.25) is 0 Å². The monoisotopic (exact) mass is 305 g/mol. The van der Waals surface area contributed by atoms with E-state index in [1.165, 1.54) is 36.4 Å². The van der Waals surface area contributed by atoms with Gasteiger partial charge in [0.25, 0.3) is 5.91 Å². The summed E-state index contributed by atoms with van der Waals surface area (Å²) in [5.41, 5.74) is 1.20. The second-order valence-corrected chi connectivity index (χ2v) is 5.99. The van der Waals surface area contributed by atoms with E-state index in [-0.39, 0.29) is 23.6 Å². The van der Waals surface area contributed by atoms with Gasteiger partial charge in [-0.15, -0.1) is 11.8 Å². The molecule has 0 saturated carbocycles. The normalized spacial score (nSPS) is 17.1. The average molecular weight is 305 g/mol. The van der Waals surface area contributed by atoms with E-state index in [1.807, 2.05) is 0 Å². The second kappa shape index (κ2) is 5.85. The van der Waals surface area contributed by atoms with Gasteiger partial charge >= 0.3 is 0 Å². The predicted octanol–water partition coefficient (Wildman–Crippen LogP) is 3.93. The van der Waals surface area contributed by atoms with E-state index in [9.17, 15) is 13.6 Å². The lowest BCUT2D eigenvalue weighted by molar-refractivity contribution is 0.0935. The number of amides is 1. The minimum absolute atomic E-state index is 0.213. The summed E-state index contributed by atoms with van der Waals surface area (Å²) in [4.78, 5) is 13.2. The molecule has 0 aliphatic carbocycles. The van der Waals surface area contributed by atoms with E-state index in [0.717, 1.165) is 22.6 Å². The molecule has 2 aromatic rings. The maximum Gasteiger partial charge on any atom is 0.251 e. The number of thioether (sulfide) groups is 1. The number of hydrogen-bond acceptors (Lipinski definition) is 2. The molecule has 108 valence electrons. The van der Waals surface area contributed by atoms with Crippen LogP contribution in [0.15, 0.2) is 47.4 Å². The number of halogens is 2. The van der Waals surface area contributed by atoms with E-state index in [4.69, 9.17) is 0 Å². The lowest BCUT2D eigenvalue weighted by atomic mass is 10.0. The summed E-state index contributed by atoms with van der Waals surface area (Å²) in [5, 5.41) is 2.90. The second-order valence-electron chi connectivity index (χ2n) is 4.85. The molecule has 0 spiro atoms. The Morgan fingerprint density at radius 3 is 2.57 bits per heavy atom. The maximum absolute atomic E-state index is 13.4. The van der Waals surface area contributed by atoms with Crippen molar-refractivity contribution < 1.29 is 13.6 Å². The number of carbonyl (C=O) groups excluding carboxylic acids is 1. The van der Waals surface area contributed by atoms with Crippen molar-refractivity contribution in [1.82, 2.24) is 5.32 Å². The molecule has 0 unspecified atom stereocenters. The molecule has 1 atom stereocenters. The summed E-state index contributed by atoms with van der Waals surface area (Å²) in [5.74, 6) is -0.0973. The Morgan fingerprint density at radius 2 is 1.81 bits per heavy atom. The van der Waals surface area contributed by atoms with Crippen LogP contribution in [0.5, 0.6) is 0 Å². The molecule has 0 fully saturated rings. The lowest BCUT2D eigenvalue weighted by Gasteiger charge is -2.26. The smallest absolute Gasteiger partial charge is 0.251 e. The minimum Gasteiger partial charge on any atom is -0.345 e. The SMILES string of the molecule is O=C(N[C@H]1CCSc2ccc(F)cc21)c1ccc(F)cc1. The highest BCUT2D eigenvalue weighted by Crippen LogP contribution is 2.36. The fraction of sp³-hybridized carbons (Fsp3) is 0.188. The van der Waals surface area contributed by atoms with Gasteiger partial charge < -0.3 is 5.32 Å². The van der Waals surface area contributed by atoms with Gasteiger partial charge in [0.15, 0.2) is 0 Å². The first-order valence-corrected chi connectivity index (χ1v) is 7.61. The van der Waals surface area contributed by atoms with Crippen molar-refractivity contribution >= 4 is 17.7 Å². The van der Waals surface area contributed by atoms with Gasteiger partial charge in [0, 0.05) is 16.2 Å². The summed E-state index contributed by atoms with van der Waals surface area (Å²) in [6.45, 7) is 0. The Balaban J connectivity index is 1.81. The van der Waals surface area contributed by atoms with Crippen LogP contribution in [0, 0.1) is 11.6 Å². The Labute approximate surface area is 125 Å². The van der Waals surface area contributed by atoms with Crippen LogP contribution in [0.3, 0.4) is 0 Å². The number of nitrogens with one attached hydrogen (secondary N) is 1. The standard InChI is InChI=1S/C16H13F2NOS/c17-11-3-1-10(2-4-11)16(20)19-14-7-8-21-15-6-5-12(18)9-13(14)15/h1-6,9,14H,7-8H2,(H,19,20)/t14-/m0/s1. The van der Waals surface area contributed by atoms with Gasteiger partial charge in [-0.3, -0.25) is 4.79 Å². The summed E-state index contributed by atoms with van der Waals surface area (Å²) in [6, 6.07) is 9.80. The van der Waals surface area contributed by atoms with Crippen LogP contribution in [0.4, 0.5) is 8.78 Å². The molecule has 21 heavy (non-hydrogen) atoms. The molecule has 0 saturated heterocycles. The molecule has 1 amide bonds. The van der Waals surface area contributed by atoms with Crippen LogP contribution in [0.25, 0.3) is 0 Å². The summed E-state index contributed by atoms with van der Waals surface area (Å²) in [7, 11) is 0. The van der Waals surface area contributed by atoms with Crippen LogP contribution in [0.1, 0.15) is 28.4 Å². The molecule has 1 heterocycles. The van der Waals surface area contributed by atoms with Crippen molar-refractivity contribution in [3.8, 4) is 0 Å². The van der Waals surface area contributed by atoms with Crippen molar-refractivity contribution in [2.75, 3.05) is 5.75 Å². The van der Waals surface area contributed by atoms with Crippen LogP contribution >= 0.6 is 11.8 Å². The lowest BCUT2D eigenvalue weighted by Crippen LogP contribution is -2.30. The van der Waals surface area contributed by atoms with Crippen molar-refractivity contribution in [2.24, 2.45) is 0 Å². The van der Waals surface area contributed by atoms with Crippen molar-refractivity contribution in [3.63, 3.8) is 0 Å². The molecule has 1 N–H and O–H groups in total. The first-order chi connectivity index (χ1) is 10.1. The number of carbonyl (C=O) groups is 1. The Bertz CT molecular complexity index is 672. The summed E-state index contributed by atoms with van der Waals surface area (Å²) in [6.07, 6.45) is 0.744. The van der Waals surface area contributed by atoms with Gasteiger partial charge in [-0.05, 0) is 54.4 Å². The van der Waals surface area contributed by atoms with Crippen LogP contribution in [-0.4, -0.2) is 11.7 Å². The molecule has 0 radical (unpaired) electrons. The highest BCUT2D eigenvalue weighted by molar-refractivity contribution is 7.99. The number of fused-ring (bicyclic) bond motifs is 1. The van der Waals surface area contributed by atoms with Crippen molar-refractivity contribution in [3.05, 3.63) is 65.2 Å². The fourth-order valence-corrected chi connectivity index (χ4v) is 3.46. The van der Waals surface area contributed by atoms with Gasteiger partial charge in [-0.2, -0.15) is 0 Å². The van der Waals surface area contributed by atoms with Crippen molar-refractivity contribution in [2.45, 2.75) is 17.4 Å². The Hall–Kier alpha value is -1.88. The van der Waals surface area contributed by atoms with Gasteiger partial charge in [0.1, 0.15) is 11.6 Å². The molecule has 1 aliphatic rings. The molecule has 3 rings (SSSR count). The van der Waals surface area contributed by atoms with Gasteiger partial charge in [-0.25, -0.2) is 8.78 Å². The summed E-state index contributed by atoms with van der Waals surface area (Å²) >= 11 is 1.66. The zero-order valence-corrected chi connectivity index (χ0v) is 11.9. The average Bonchev–Trinajstić information content (AvgIpc) is 2.48. The van der Waals surface area contributed by atoms with E-state index >= 15 is 0 Å². The third-order valence-corrected chi connectivity index (χ3v) is 4.55. The molecule has 0 aromatic heterocycles. The number of hydrogen-bond donors (Lipinski definition) is 1. The molecule has 2 nitrogen and oxygen atoms in total. The van der Waals surface area contributed by atoms with Crippen molar-refractivity contribution in [1.29, 1.82) is 0 Å². The van der Waals surface area contributed by atoms with Gasteiger partial charge in [-0.1, -0.05) is 0 Å². The Morgan fingerprint density at radius 1 is 1.10 bits per heavy atom. The zero-order chi connectivity index (χ0) is 14.8. The molecule has 0 bridgehead atoms. The third kappa shape index (κ3) is 3.08. The fourth-order valence-electron chi connectivity index (χ4n) is 2.36. The van der Waals surface area contributed by atoms with Crippen LogP contribution in [-0.2, 0) is 0 Å². The summed E-state index contributed by atoms with van der Waals surface area (Å²) < 4.78 is 26.3. The molecular weight excluding hydrogens is 292 g/mol. The van der Waals surface area contributed by atoms with Gasteiger partial charge in [0.05, 0.1) is 6.04 Å². The predicted molar refractivity (Wildman–Crippen MR) is 78.3 cm³/mol. The van der Waals surface area contributed by atoms with E-state index in [2.05, 4.69) is 5.32 Å². The highest BCUT2D eigenvalue weighted by atomic mass is 32.2. The number of rotatable bonds is 2. The quantitative estimate of drug-likeness (QED) is 0.911. The van der Waals surface area contributed by atoms with Crippen LogP contribution < -0.4 is 5.32 Å². The maximum atomic E-state index is 13.4.